The Morgan fingerprint density at radius 1 is 0.431 bits per heavy atom. The smallest absolute Gasteiger partial charge is 0.463 e. The van der Waals surface area contributed by atoms with Crippen LogP contribution in [-0.4, -0.2) is 118 Å². The number of sulfonamides is 3. The van der Waals surface area contributed by atoms with Crippen LogP contribution in [0.15, 0.2) is 237 Å². The average molecular weight is 2010 g/mol. The Balaban J connectivity index is 0.000000305. The van der Waals surface area contributed by atoms with Crippen molar-refractivity contribution in [1.29, 1.82) is 0 Å². The number of carbonyl (C=O) groups is 4. The molecule has 0 atom stereocenters. The largest absolute Gasteiger partial charge is 0.488 e. The second-order valence-electron chi connectivity index (χ2n) is 27.6. The molecule has 0 aliphatic rings. The van der Waals surface area contributed by atoms with E-state index in [1.165, 1.54) is 72.8 Å². The van der Waals surface area contributed by atoms with Crippen LogP contribution < -0.4 is 36.0 Å². The molecule has 9 N–H and O–H groups in total. The summed E-state index contributed by atoms with van der Waals surface area (Å²) in [6.45, 7) is 3.66. The third-order valence-electron chi connectivity index (χ3n) is 16.9. The summed E-state index contributed by atoms with van der Waals surface area (Å²) in [6.07, 6.45) is 4.72. The first kappa shape index (κ1) is 113. The van der Waals surface area contributed by atoms with Gasteiger partial charge >= 0.3 is 43.8 Å². The highest BCUT2D eigenvalue weighted by atomic mass is 35.5. The molecule has 11 aromatic rings. The second-order valence-corrected chi connectivity index (χ2v) is 33.2. The van der Waals surface area contributed by atoms with Crippen LogP contribution in [0.3, 0.4) is 0 Å². The number of hydrogen-bond acceptors (Lipinski definition) is 19. The molecule has 2 amide bonds. The number of esters is 2. The first-order valence-corrected chi connectivity index (χ1v) is 45.0. The van der Waals surface area contributed by atoms with Gasteiger partial charge in [-0.3, -0.25) is 23.8 Å². The van der Waals surface area contributed by atoms with Gasteiger partial charge in [0.15, 0.2) is 0 Å². The number of nitrogens with one attached hydrogen (secondary N) is 5. The Morgan fingerprint density at radius 2 is 0.737 bits per heavy atom. The summed E-state index contributed by atoms with van der Waals surface area (Å²) in [5.41, 5.74) is 4.65. The Bertz CT molecular complexity index is 6380. The number of ether oxygens (including phenoxy) is 2. The lowest BCUT2D eigenvalue weighted by molar-refractivity contribution is -0.141. The van der Waals surface area contributed by atoms with Gasteiger partial charge in [-0.2, -0.15) is 52.7 Å². The number of terminal acetylenes is 2. The third kappa shape index (κ3) is 39.0. The highest BCUT2D eigenvalue weighted by molar-refractivity contribution is 7.92. The van der Waals surface area contributed by atoms with Gasteiger partial charge in [0.2, 0.25) is 41.9 Å². The van der Waals surface area contributed by atoms with Crippen molar-refractivity contribution in [2.45, 2.75) is 58.2 Å². The lowest BCUT2D eigenvalue weighted by atomic mass is 9.81. The molecule has 11 rings (SSSR count). The topological polar surface area (TPSA) is 367 Å². The number of aromatic nitrogens is 4. The highest BCUT2D eigenvalue weighted by Gasteiger charge is 2.36. The van der Waals surface area contributed by atoms with E-state index in [2.05, 4.69) is 51.9 Å². The standard InChI is InChI=1S/2C25H19F4N3O3S.C17H14F3NO2.C11H9ClF3NO2.C8H11FN2O2S.C6H7BO2.ClH/c2*1-3-17-13-16(14-20(26)24(17)32-36(2,34)35)15-30-22(33)12-10-19-9-11-21(25(27,28)29)31-23(19)18-7-5-4-6-8-18;1-2-23-15(22)11-9-13-8-10-14(17(18,19)20)21-16(13)12-6-4-3-5-7-12;1-2-18-9(17)6-4-7-3-5-8(11(13,14)15)16-10(7)12;1-14(12,13)11-8-3-2-6(5-10)4-7(8)9;8-7(9)6-4-2-1-3-5-6;/h2*1,4-14,32H,15H2,2H3,(H,30,33);3-11H,2H2,1H3;3-6H,2H2,1H3;2-4,11H,5,10H2,1H3;1-5,8-9H;1H/b2*12-10+;11-9+;6-4+;;;. The maximum absolute atomic E-state index is 14.4. The Kier molecular flexibility index (Phi) is 43.1. The molecule has 0 unspecified atom stereocenters. The normalized spacial score (nSPS) is 11.5. The number of halogens is 17. The first-order chi connectivity index (χ1) is 63.7. The van der Waals surface area contributed by atoms with Crippen molar-refractivity contribution in [2.75, 3.05) is 46.1 Å². The molecule has 0 bridgehead atoms. The molecule has 7 aromatic carbocycles. The number of benzene rings is 7. The van der Waals surface area contributed by atoms with Crippen LogP contribution in [0.4, 0.5) is 82.9 Å². The van der Waals surface area contributed by atoms with Crippen LogP contribution in [0, 0.1) is 42.1 Å². The molecule has 4 heterocycles. The van der Waals surface area contributed by atoms with E-state index in [4.69, 9.17) is 45.0 Å². The summed E-state index contributed by atoms with van der Waals surface area (Å²) < 4.78 is 279. The molecule has 0 aliphatic carbocycles. The van der Waals surface area contributed by atoms with Crippen molar-refractivity contribution in [3.63, 3.8) is 0 Å². The van der Waals surface area contributed by atoms with E-state index in [-0.39, 0.29) is 123 Å². The number of pyridine rings is 4. The summed E-state index contributed by atoms with van der Waals surface area (Å²) in [6, 6.07) is 50.5. The van der Waals surface area contributed by atoms with E-state index in [1.54, 1.807) is 135 Å². The van der Waals surface area contributed by atoms with E-state index in [1.807, 2.05) is 15.5 Å². The Labute approximate surface area is 788 Å². The fraction of sp³-hybridized carbons (Fsp3) is 0.152. The number of alkyl halides is 12. The summed E-state index contributed by atoms with van der Waals surface area (Å²) in [5.74, 6) is -0.480. The van der Waals surface area contributed by atoms with Gasteiger partial charge in [-0.1, -0.05) is 169 Å². The van der Waals surface area contributed by atoms with Gasteiger partial charge in [-0.15, -0.1) is 25.3 Å². The highest BCUT2D eigenvalue weighted by Crippen LogP contribution is 2.37. The quantitative estimate of drug-likeness (QED) is 0.00658. The molecular formula is C92H80BCl2F15N10O14S3. The van der Waals surface area contributed by atoms with Gasteiger partial charge in [0.25, 0.3) is 0 Å². The lowest BCUT2D eigenvalue weighted by Gasteiger charge is -2.11. The molecule has 137 heavy (non-hydrogen) atoms. The van der Waals surface area contributed by atoms with Crippen molar-refractivity contribution in [3.8, 4) is 58.5 Å². The van der Waals surface area contributed by atoms with Crippen molar-refractivity contribution in [3.05, 3.63) is 332 Å². The maximum Gasteiger partial charge on any atom is 0.488 e. The van der Waals surface area contributed by atoms with Crippen LogP contribution in [0.2, 0.25) is 5.15 Å². The molecule has 45 heteroatoms. The molecule has 0 radical (unpaired) electrons. The van der Waals surface area contributed by atoms with E-state index < -0.39 is 126 Å². The molecule has 0 fully saturated rings. The fourth-order valence-electron chi connectivity index (χ4n) is 10.9. The first-order valence-electron chi connectivity index (χ1n) is 38.9. The lowest BCUT2D eigenvalue weighted by Crippen LogP contribution is -2.29. The molecule has 0 spiro atoms. The molecule has 0 saturated heterocycles. The minimum Gasteiger partial charge on any atom is -0.463 e. The number of hydrogen-bond donors (Lipinski definition) is 8. The summed E-state index contributed by atoms with van der Waals surface area (Å²) in [7, 11) is -12.3. The molecule has 0 saturated carbocycles. The summed E-state index contributed by atoms with van der Waals surface area (Å²) in [4.78, 5) is 61.4. The van der Waals surface area contributed by atoms with Crippen molar-refractivity contribution in [2.24, 2.45) is 5.73 Å². The van der Waals surface area contributed by atoms with Crippen molar-refractivity contribution >= 4 is 132 Å². The van der Waals surface area contributed by atoms with Gasteiger partial charge in [0.1, 0.15) is 45.4 Å². The summed E-state index contributed by atoms with van der Waals surface area (Å²) in [5, 5.41) is 21.9. The monoisotopic (exact) mass is 2010 g/mol. The van der Waals surface area contributed by atoms with E-state index >= 15 is 0 Å². The van der Waals surface area contributed by atoms with E-state index in [9.17, 15) is 110 Å². The van der Waals surface area contributed by atoms with Crippen LogP contribution in [0.25, 0.3) is 58.1 Å². The number of nitrogens with zero attached hydrogens (tertiary/aromatic N) is 4. The minimum absolute atomic E-state index is 0. The van der Waals surface area contributed by atoms with Crippen LogP contribution >= 0.6 is 24.0 Å². The molecule has 0 aliphatic heterocycles. The fourth-order valence-corrected chi connectivity index (χ4v) is 12.9. The van der Waals surface area contributed by atoms with Gasteiger partial charge < -0.3 is 35.9 Å². The predicted octanol–water partition coefficient (Wildman–Crippen LogP) is 17.3. The molecule has 24 nitrogen and oxygen atoms in total. The van der Waals surface area contributed by atoms with Gasteiger partial charge in [0.05, 0.1) is 77.3 Å². The van der Waals surface area contributed by atoms with Gasteiger partial charge in [-0.25, -0.2) is 67.9 Å². The second kappa shape index (κ2) is 52.1. The SMILES string of the molecule is C#Cc1cc(CNC(=O)/C=C/c2ccc(C(F)(F)F)nc2-c2ccccc2)cc(F)c1NS(C)(=O)=O.C#Cc1cc(CNC(=O)/C=C/c2ccc(C(F)(F)F)nc2-c2ccccc2)cc(F)c1NS(C)(=O)=O.CCOC(=O)/C=C/c1ccc(C(F)(F)F)nc1-c1ccccc1.CCOC(=O)/C=C/c1ccc(C(F)(F)F)nc1Cl.CS(=O)(=O)Nc1ccc(CN)cc1F.Cl.OB(O)c1ccccc1. The van der Waals surface area contributed by atoms with Crippen LogP contribution in [0.5, 0.6) is 0 Å². The maximum atomic E-state index is 14.4. The number of carbonyl (C=O) groups excluding carboxylic acids is 4. The number of anilines is 3. The van der Waals surface area contributed by atoms with Crippen molar-refractivity contribution < 1.29 is 130 Å². The van der Waals surface area contributed by atoms with Crippen LogP contribution in [-0.2, 0) is 103 Å². The number of amides is 2. The molecule has 722 valence electrons. The Hall–Kier alpha value is -14.2. The average Bonchev–Trinajstić information content (AvgIpc) is 0.836. The zero-order valence-electron chi connectivity index (χ0n) is 71.9. The van der Waals surface area contributed by atoms with Gasteiger partial charge in [0, 0.05) is 82.9 Å². The third-order valence-corrected chi connectivity index (χ3v) is 19.0. The molecular weight excluding hydrogens is 1930 g/mol. The summed E-state index contributed by atoms with van der Waals surface area (Å²) >= 11 is 5.58. The van der Waals surface area contributed by atoms with E-state index in [0.29, 0.717) is 33.3 Å². The number of rotatable bonds is 25. The molecule has 4 aromatic heterocycles. The van der Waals surface area contributed by atoms with Crippen molar-refractivity contribution in [1.82, 2.24) is 30.6 Å². The predicted molar refractivity (Wildman–Crippen MR) is 493 cm³/mol. The van der Waals surface area contributed by atoms with E-state index in [0.717, 1.165) is 79.5 Å². The zero-order chi connectivity index (χ0) is 101. The Morgan fingerprint density at radius 3 is 1.02 bits per heavy atom. The number of nitrogens with two attached hydrogens (primary N) is 1. The van der Waals surface area contributed by atoms with Crippen LogP contribution in [0.1, 0.15) is 86.7 Å². The zero-order valence-corrected chi connectivity index (χ0v) is 76.0. The minimum atomic E-state index is -4.64. The van der Waals surface area contributed by atoms with Gasteiger partial charge in [-0.05, 0) is 127 Å².